The van der Waals surface area contributed by atoms with Gasteiger partial charge in [0, 0.05) is 17.5 Å². The highest BCUT2D eigenvalue weighted by molar-refractivity contribution is 7.99. The van der Waals surface area contributed by atoms with Crippen molar-refractivity contribution >= 4 is 17.7 Å². The van der Waals surface area contributed by atoms with Gasteiger partial charge in [0.1, 0.15) is 0 Å². The number of thioether (sulfide) groups is 1. The zero-order chi connectivity index (χ0) is 13.7. The molecular formula is C15H21NO2S. The van der Waals surface area contributed by atoms with Crippen LogP contribution < -0.4 is 5.73 Å². The molecule has 0 spiro atoms. The van der Waals surface area contributed by atoms with Crippen molar-refractivity contribution in [1.29, 1.82) is 0 Å². The van der Waals surface area contributed by atoms with E-state index in [1.54, 1.807) is 0 Å². The van der Waals surface area contributed by atoms with E-state index in [2.05, 4.69) is 12.1 Å². The highest BCUT2D eigenvalue weighted by atomic mass is 32.2. The second-order valence-electron chi connectivity index (χ2n) is 5.20. The van der Waals surface area contributed by atoms with Crippen LogP contribution in [-0.2, 0) is 9.53 Å². The molecule has 19 heavy (non-hydrogen) atoms. The number of hydrogen-bond donors (Lipinski definition) is 1. The van der Waals surface area contributed by atoms with Crippen LogP contribution in [0.4, 0.5) is 0 Å². The van der Waals surface area contributed by atoms with Gasteiger partial charge in [-0.2, -0.15) is 11.8 Å². The third-order valence-corrected chi connectivity index (χ3v) is 5.33. The number of benzene rings is 1. The minimum Gasteiger partial charge on any atom is -0.469 e. The lowest BCUT2D eigenvalue weighted by molar-refractivity contribution is -0.141. The summed E-state index contributed by atoms with van der Waals surface area (Å²) < 4.78 is 4.77. The predicted octanol–water partition coefficient (Wildman–Crippen LogP) is 2.76. The van der Waals surface area contributed by atoms with Gasteiger partial charge in [-0.15, -0.1) is 0 Å². The van der Waals surface area contributed by atoms with Crippen molar-refractivity contribution in [3.8, 4) is 0 Å². The molecular weight excluding hydrogens is 258 g/mol. The fraction of sp³-hybridized carbons (Fsp3) is 0.533. The minimum atomic E-state index is -0.0953. The zero-order valence-electron chi connectivity index (χ0n) is 11.3. The highest BCUT2D eigenvalue weighted by Gasteiger charge is 2.44. The second-order valence-corrected chi connectivity index (χ2v) is 6.39. The van der Waals surface area contributed by atoms with Gasteiger partial charge in [-0.25, -0.2) is 0 Å². The molecule has 1 fully saturated rings. The molecule has 1 saturated carbocycles. The minimum absolute atomic E-state index is 0.0953. The molecule has 1 aliphatic rings. The van der Waals surface area contributed by atoms with Crippen molar-refractivity contribution in [2.75, 3.05) is 19.4 Å². The molecule has 3 nitrogen and oxygen atoms in total. The molecule has 0 amide bonds. The van der Waals surface area contributed by atoms with Gasteiger partial charge in [-0.3, -0.25) is 4.79 Å². The summed E-state index contributed by atoms with van der Waals surface area (Å²) in [6, 6.07) is 10.3. The smallest absolute Gasteiger partial charge is 0.306 e. The lowest BCUT2D eigenvalue weighted by Gasteiger charge is -2.19. The Morgan fingerprint density at radius 2 is 2.11 bits per heavy atom. The number of esters is 1. The zero-order valence-corrected chi connectivity index (χ0v) is 12.1. The SMILES string of the molecule is COC(=O)CC1(CSC(CN)c2ccccc2)CC1. The second kappa shape index (κ2) is 6.44. The Morgan fingerprint density at radius 1 is 1.42 bits per heavy atom. The first kappa shape index (κ1) is 14.4. The van der Waals surface area contributed by atoms with Gasteiger partial charge in [0.05, 0.1) is 13.5 Å². The normalized spacial score (nSPS) is 17.8. The number of carbonyl (C=O) groups is 1. The number of methoxy groups -OCH3 is 1. The van der Waals surface area contributed by atoms with Crippen LogP contribution in [0.1, 0.15) is 30.1 Å². The van der Waals surface area contributed by atoms with Gasteiger partial charge in [-0.05, 0) is 23.8 Å². The van der Waals surface area contributed by atoms with Crippen molar-refractivity contribution in [3.63, 3.8) is 0 Å². The molecule has 0 radical (unpaired) electrons. The van der Waals surface area contributed by atoms with E-state index in [0.29, 0.717) is 18.2 Å². The van der Waals surface area contributed by atoms with Crippen LogP contribution in [0.25, 0.3) is 0 Å². The topological polar surface area (TPSA) is 52.3 Å². The summed E-state index contributed by atoms with van der Waals surface area (Å²) in [5, 5.41) is 0.316. The van der Waals surface area contributed by atoms with Crippen LogP contribution in [0.5, 0.6) is 0 Å². The van der Waals surface area contributed by atoms with Crippen LogP contribution in [0.15, 0.2) is 30.3 Å². The lowest BCUT2D eigenvalue weighted by atomic mass is 10.1. The molecule has 4 heteroatoms. The van der Waals surface area contributed by atoms with Crippen molar-refractivity contribution in [1.82, 2.24) is 0 Å². The Morgan fingerprint density at radius 3 is 2.63 bits per heavy atom. The summed E-state index contributed by atoms with van der Waals surface area (Å²) >= 11 is 1.86. The van der Waals surface area contributed by atoms with Crippen LogP contribution in [0.3, 0.4) is 0 Å². The van der Waals surface area contributed by atoms with Gasteiger partial charge < -0.3 is 10.5 Å². The average molecular weight is 279 g/mol. The summed E-state index contributed by atoms with van der Waals surface area (Å²) in [5.74, 6) is 0.890. The number of rotatable bonds is 7. The molecule has 1 aliphatic carbocycles. The quantitative estimate of drug-likeness (QED) is 0.780. The van der Waals surface area contributed by atoms with Gasteiger partial charge in [-0.1, -0.05) is 30.3 Å². The monoisotopic (exact) mass is 279 g/mol. The van der Waals surface area contributed by atoms with Crippen LogP contribution in [0, 0.1) is 5.41 Å². The van der Waals surface area contributed by atoms with E-state index in [-0.39, 0.29) is 11.4 Å². The van der Waals surface area contributed by atoms with Crippen LogP contribution >= 0.6 is 11.8 Å². The highest BCUT2D eigenvalue weighted by Crippen LogP contribution is 2.52. The van der Waals surface area contributed by atoms with Gasteiger partial charge >= 0.3 is 5.97 Å². The Hall–Kier alpha value is -1.00. The maximum atomic E-state index is 11.4. The van der Waals surface area contributed by atoms with E-state index in [1.165, 1.54) is 12.7 Å². The standard InChI is InChI=1S/C15H21NO2S/c1-18-14(17)9-15(7-8-15)11-19-13(10-16)12-5-3-2-4-6-12/h2-6,13H,7-11,16H2,1H3. The first-order valence-electron chi connectivity index (χ1n) is 6.62. The van der Waals surface area contributed by atoms with E-state index < -0.39 is 0 Å². The van der Waals surface area contributed by atoms with Crippen molar-refractivity contribution < 1.29 is 9.53 Å². The summed E-state index contributed by atoms with van der Waals surface area (Å²) in [6.45, 7) is 0.628. The molecule has 2 N–H and O–H groups in total. The van der Waals surface area contributed by atoms with Crippen molar-refractivity contribution in [2.24, 2.45) is 11.1 Å². The molecule has 1 atom stereocenters. The van der Waals surface area contributed by atoms with Gasteiger partial charge in [0.25, 0.3) is 0 Å². The number of nitrogens with two attached hydrogens (primary N) is 1. The summed E-state index contributed by atoms with van der Waals surface area (Å²) in [6.07, 6.45) is 2.80. The number of ether oxygens (including phenoxy) is 1. The molecule has 2 rings (SSSR count). The number of carbonyl (C=O) groups excluding carboxylic acids is 1. The van der Waals surface area contributed by atoms with Crippen molar-refractivity contribution in [2.45, 2.75) is 24.5 Å². The molecule has 0 aromatic heterocycles. The summed E-state index contributed by atoms with van der Waals surface area (Å²) in [4.78, 5) is 11.4. The lowest BCUT2D eigenvalue weighted by Crippen LogP contribution is -2.16. The molecule has 104 valence electrons. The summed E-state index contributed by atoms with van der Waals surface area (Å²) in [7, 11) is 1.46. The van der Waals surface area contributed by atoms with Crippen LogP contribution in [-0.4, -0.2) is 25.4 Å². The largest absolute Gasteiger partial charge is 0.469 e. The maximum absolute atomic E-state index is 11.4. The number of hydrogen-bond acceptors (Lipinski definition) is 4. The fourth-order valence-electron chi connectivity index (χ4n) is 2.17. The average Bonchev–Trinajstić information content (AvgIpc) is 3.20. The van der Waals surface area contributed by atoms with E-state index in [0.717, 1.165) is 18.6 Å². The Bertz CT molecular complexity index is 417. The summed E-state index contributed by atoms with van der Waals surface area (Å²) in [5.41, 5.74) is 7.30. The molecule has 0 bridgehead atoms. The van der Waals surface area contributed by atoms with E-state index >= 15 is 0 Å². The Balaban J connectivity index is 1.88. The van der Waals surface area contributed by atoms with Crippen LogP contribution in [0.2, 0.25) is 0 Å². The van der Waals surface area contributed by atoms with E-state index in [1.807, 2.05) is 30.0 Å². The molecule has 0 saturated heterocycles. The van der Waals surface area contributed by atoms with Crippen molar-refractivity contribution in [3.05, 3.63) is 35.9 Å². The third kappa shape index (κ3) is 3.98. The molecule has 0 heterocycles. The molecule has 1 unspecified atom stereocenters. The van der Waals surface area contributed by atoms with Gasteiger partial charge in [0.15, 0.2) is 0 Å². The Labute approximate surface area is 118 Å². The first-order valence-corrected chi connectivity index (χ1v) is 7.67. The third-order valence-electron chi connectivity index (χ3n) is 3.68. The predicted molar refractivity (Wildman–Crippen MR) is 79.0 cm³/mol. The fourth-order valence-corrected chi connectivity index (χ4v) is 3.60. The van der Waals surface area contributed by atoms with Gasteiger partial charge in [0.2, 0.25) is 0 Å². The van der Waals surface area contributed by atoms with E-state index in [4.69, 9.17) is 10.5 Å². The molecule has 0 aliphatic heterocycles. The van der Waals surface area contributed by atoms with E-state index in [9.17, 15) is 4.79 Å². The maximum Gasteiger partial charge on any atom is 0.306 e. The first-order chi connectivity index (χ1) is 9.19. The molecule has 1 aromatic carbocycles. The molecule has 1 aromatic rings. The Kier molecular flexibility index (Phi) is 4.88.